The second-order valence-electron chi connectivity index (χ2n) is 4.64. The molecule has 0 saturated carbocycles. The predicted octanol–water partition coefficient (Wildman–Crippen LogP) is 1.56. The molecular formula is C13H13ClN4O. The summed E-state index contributed by atoms with van der Waals surface area (Å²) in [7, 11) is 0. The van der Waals surface area contributed by atoms with Crippen LogP contribution in [0.5, 0.6) is 0 Å². The fourth-order valence-corrected chi connectivity index (χ4v) is 2.25. The number of halogens is 1. The summed E-state index contributed by atoms with van der Waals surface area (Å²) >= 11 is 5.81. The molecule has 0 atom stereocenters. The maximum absolute atomic E-state index is 12.0. The van der Waals surface area contributed by atoms with Crippen LogP contribution in [0.25, 0.3) is 0 Å². The lowest BCUT2D eigenvalue weighted by molar-refractivity contribution is -0.136. The molecule has 6 heteroatoms. The number of nitrogens with zero attached hydrogens (tertiary/aromatic N) is 4. The zero-order chi connectivity index (χ0) is 13.2. The summed E-state index contributed by atoms with van der Waals surface area (Å²) in [5.41, 5.74) is 0.985. The molecule has 0 aliphatic carbocycles. The Hall–Kier alpha value is -1.88. The van der Waals surface area contributed by atoms with Crippen LogP contribution in [0.2, 0.25) is 5.02 Å². The van der Waals surface area contributed by atoms with Crippen LogP contribution < -0.4 is 0 Å². The van der Waals surface area contributed by atoms with E-state index >= 15 is 0 Å². The van der Waals surface area contributed by atoms with Gasteiger partial charge in [-0.05, 0) is 17.7 Å². The van der Waals surface area contributed by atoms with E-state index in [-0.39, 0.29) is 11.9 Å². The van der Waals surface area contributed by atoms with Crippen molar-refractivity contribution >= 4 is 17.5 Å². The minimum Gasteiger partial charge on any atom is -0.338 e. The van der Waals surface area contributed by atoms with E-state index in [1.54, 1.807) is 23.0 Å². The predicted molar refractivity (Wildman–Crippen MR) is 70.8 cm³/mol. The summed E-state index contributed by atoms with van der Waals surface area (Å²) in [5, 5.41) is 8.39. The van der Waals surface area contributed by atoms with Crippen molar-refractivity contribution in [2.24, 2.45) is 0 Å². The summed E-state index contributed by atoms with van der Waals surface area (Å²) in [5.74, 6) is 0.138. The quantitative estimate of drug-likeness (QED) is 0.855. The summed E-state index contributed by atoms with van der Waals surface area (Å²) < 4.78 is 1.80. The molecule has 3 rings (SSSR count). The van der Waals surface area contributed by atoms with Gasteiger partial charge in [0.2, 0.25) is 5.91 Å². The number of carbonyl (C=O) groups excluding carboxylic acids is 1. The zero-order valence-electron chi connectivity index (χ0n) is 10.2. The van der Waals surface area contributed by atoms with Crippen LogP contribution in [-0.4, -0.2) is 38.9 Å². The maximum atomic E-state index is 12.0. The fraction of sp³-hybridized carbons (Fsp3) is 0.308. The van der Waals surface area contributed by atoms with Crippen molar-refractivity contribution in [1.29, 1.82) is 0 Å². The van der Waals surface area contributed by atoms with Crippen molar-refractivity contribution in [3.8, 4) is 0 Å². The van der Waals surface area contributed by atoms with E-state index in [0.717, 1.165) is 5.56 Å². The summed E-state index contributed by atoms with van der Waals surface area (Å²) in [6.07, 6.45) is 3.89. The van der Waals surface area contributed by atoms with E-state index in [2.05, 4.69) is 10.3 Å². The van der Waals surface area contributed by atoms with Crippen molar-refractivity contribution in [2.45, 2.75) is 12.5 Å². The Labute approximate surface area is 115 Å². The Morgan fingerprint density at radius 2 is 2.05 bits per heavy atom. The van der Waals surface area contributed by atoms with Crippen LogP contribution >= 0.6 is 11.6 Å². The van der Waals surface area contributed by atoms with E-state index in [9.17, 15) is 4.79 Å². The highest BCUT2D eigenvalue weighted by atomic mass is 35.5. The molecule has 1 aromatic carbocycles. The van der Waals surface area contributed by atoms with E-state index < -0.39 is 0 Å². The second-order valence-corrected chi connectivity index (χ2v) is 5.08. The molecule has 1 aliphatic heterocycles. The zero-order valence-corrected chi connectivity index (χ0v) is 11.0. The number of likely N-dealkylation sites (tertiary alicyclic amines) is 1. The topological polar surface area (TPSA) is 51.0 Å². The molecule has 0 radical (unpaired) electrons. The first-order valence-corrected chi connectivity index (χ1v) is 6.48. The lowest BCUT2D eigenvalue weighted by atomic mass is 10.1. The van der Waals surface area contributed by atoms with Gasteiger partial charge in [0.25, 0.3) is 0 Å². The van der Waals surface area contributed by atoms with Crippen molar-refractivity contribution < 1.29 is 4.79 Å². The Kier molecular flexibility index (Phi) is 3.21. The molecule has 5 nitrogen and oxygen atoms in total. The van der Waals surface area contributed by atoms with Crippen LogP contribution in [-0.2, 0) is 11.2 Å². The highest BCUT2D eigenvalue weighted by Crippen LogP contribution is 2.21. The van der Waals surface area contributed by atoms with Crippen LogP contribution in [0, 0.1) is 0 Å². The molecule has 98 valence electrons. The van der Waals surface area contributed by atoms with Gasteiger partial charge < -0.3 is 4.90 Å². The molecular weight excluding hydrogens is 264 g/mol. The molecule has 0 unspecified atom stereocenters. The van der Waals surface area contributed by atoms with Crippen LogP contribution in [0.3, 0.4) is 0 Å². The Bertz CT molecular complexity index is 561. The standard InChI is InChI=1S/C13H13ClN4O/c14-11-3-1-10(2-4-11)7-13(19)17-8-12(9-17)18-6-5-15-16-18/h1-6,12H,7-9H2. The molecule has 1 fully saturated rings. The monoisotopic (exact) mass is 276 g/mol. The van der Waals surface area contributed by atoms with E-state index in [4.69, 9.17) is 11.6 Å². The Morgan fingerprint density at radius 3 is 2.68 bits per heavy atom. The molecule has 2 heterocycles. The van der Waals surface area contributed by atoms with Gasteiger partial charge in [-0.15, -0.1) is 5.10 Å². The maximum Gasteiger partial charge on any atom is 0.227 e. The first-order valence-electron chi connectivity index (χ1n) is 6.10. The van der Waals surface area contributed by atoms with Gasteiger partial charge in [0, 0.05) is 24.3 Å². The average molecular weight is 277 g/mol. The van der Waals surface area contributed by atoms with Gasteiger partial charge in [0.05, 0.1) is 18.7 Å². The molecule has 0 spiro atoms. The molecule has 1 saturated heterocycles. The number of benzene rings is 1. The van der Waals surface area contributed by atoms with E-state index in [0.29, 0.717) is 24.5 Å². The minimum atomic E-state index is 0.138. The minimum absolute atomic E-state index is 0.138. The molecule has 2 aromatic rings. The van der Waals surface area contributed by atoms with Crippen LogP contribution in [0.15, 0.2) is 36.7 Å². The highest BCUT2D eigenvalue weighted by molar-refractivity contribution is 6.30. The molecule has 0 N–H and O–H groups in total. The first-order chi connectivity index (χ1) is 9.22. The summed E-state index contributed by atoms with van der Waals surface area (Å²) in [4.78, 5) is 13.9. The van der Waals surface area contributed by atoms with Crippen LogP contribution in [0.4, 0.5) is 0 Å². The highest BCUT2D eigenvalue weighted by Gasteiger charge is 2.32. The average Bonchev–Trinajstić information content (AvgIpc) is 2.84. The van der Waals surface area contributed by atoms with Crippen molar-refractivity contribution in [2.75, 3.05) is 13.1 Å². The summed E-state index contributed by atoms with van der Waals surface area (Å²) in [6, 6.07) is 7.64. The Morgan fingerprint density at radius 1 is 1.32 bits per heavy atom. The van der Waals surface area contributed by atoms with Gasteiger partial charge in [-0.25, -0.2) is 4.68 Å². The molecule has 1 aliphatic rings. The van der Waals surface area contributed by atoms with Gasteiger partial charge in [0.1, 0.15) is 0 Å². The number of rotatable bonds is 3. The van der Waals surface area contributed by atoms with Gasteiger partial charge in [-0.3, -0.25) is 4.79 Å². The largest absolute Gasteiger partial charge is 0.338 e. The van der Waals surface area contributed by atoms with Crippen molar-refractivity contribution in [1.82, 2.24) is 19.9 Å². The number of hydrogen-bond acceptors (Lipinski definition) is 3. The summed E-state index contributed by atoms with van der Waals surface area (Å²) in [6.45, 7) is 1.41. The van der Waals surface area contributed by atoms with Crippen molar-refractivity contribution in [3.63, 3.8) is 0 Å². The molecule has 1 amide bonds. The SMILES string of the molecule is O=C(Cc1ccc(Cl)cc1)N1CC(n2ccnn2)C1. The van der Waals surface area contributed by atoms with Gasteiger partial charge in [-0.2, -0.15) is 0 Å². The normalized spacial score (nSPS) is 15.3. The van der Waals surface area contributed by atoms with Gasteiger partial charge in [-0.1, -0.05) is 28.9 Å². The van der Waals surface area contributed by atoms with Crippen LogP contribution in [0.1, 0.15) is 11.6 Å². The smallest absolute Gasteiger partial charge is 0.227 e. The van der Waals surface area contributed by atoms with E-state index in [1.165, 1.54) is 0 Å². The van der Waals surface area contributed by atoms with Gasteiger partial charge >= 0.3 is 0 Å². The molecule has 0 bridgehead atoms. The lowest BCUT2D eigenvalue weighted by Gasteiger charge is -2.38. The second kappa shape index (κ2) is 5.01. The third-order valence-electron chi connectivity index (χ3n) is 3.30. The fourth-order valence-electron chi connectivity index (χ4n) is 2.13. The molecule has 19 heavy (non-hydrogen) atoms. The number of amides is 1. The Balaban J connectivity index is 1.54. The molecule has 1 aromatic heterocycles. The lowest BCUT2D eigenvalue weighted by Crippen LogP contribution is -2.51. The number of hydrogen-bond donors (Lipinski definition) is 0. The van der Waals surface area contributed by atoms with Crippen molar-refractivity contribution in [3.05, 3.63) is 47.2 Å². The van der Waals surface area contributed by atoms with Gasteiger partial charge in [0.15, 0.2) is 0 Å². The third-order valence-corrected chi connectivity index (χ3v) is 3.55. The first kappa shape index (κ1) is 12.2. The number of aromatic nitrogens is 3. The van der Waals surface area contributed by atoms with E-state index in [1.807, 2.05) is 23.2 Å². The third kappa shape index (κ3) is 2.61. The number of carbonyl (C=O) groups is 1.